The zero-order valence-electron chi connectivity index (χ0n) is 14.0. The van der Waals surface area contributed by atoms with E-state index < -0.39 is 9.84 Å². The molecule has 1 rings (SSSR count). The van der Waals surface area contributed by atoms with Gasteiger partial charge in [-0.25, -0.2) is 8.42 Å². The second-order valence-electron chi connectivity index (χ2n) is 6.31. The Labute approximate surface area is 135 Å². The van der Waals surface area contributed by atoms with Crippen molar-refractivity contribution in [3.05, 3.63) is 0 Å². The number of hydrogen-bond acceptors (Lipinski definition) is 5. The Morgan fingerprint density at radius 1 is 1.33 bits per heavy atom. The third-order valence-electron chi connectivity index (χ3n) is 4.04. The Hall–Kier alpha value is 0.220. The van der Waals surface area contributed by atoms with Gasteiger partial charge in [0.1, 0.15) is 5.37 Å². The third-order valence-corrected chi connectivity index (χ3v) is 7.34. The second kappa shape index (κ2) is 9.38. The van der Waals surface area contributed by atoms with Crippen LogP contribution >= 0.6 is 11.8 Å². The molecule has 1 aliphatic rings. The molecule has 126 valence electrons. The predicted octanol–water partition coefficient (Wildman–Crippen LogP) is 2.21. The summed E-state index contributed by atoms with van der Waals surface area (Å²) < 4.78 is 24.5. The van der Waals surface area contributed by atoms with E-state index in [4.69, 9.17) is 0 Å². The number of hydrogen-bond donors (Lipinski definition) is 1. The zero-order chi connectivity index (χ0) is 15.9. The molecule has 0 saturated carbocycles. The summed E-state index contributed by atoms with van der Waals surface area (Å²) in [5.74, 6) is 2.70. The standard InChI is InChI=1S/C15H32N2O2S2/c1-5-21(18,19)15-12-20-10-9-17(15)14(4)7-6-8-16-11-13(2)3/h13-16H,5-12H2,1-4H3. The van der Waals surface area contributed by atoms with Gasteiger partial charge in [-0.1, -0.05) is 20.8 Å². The Morgan fingerprint density at radius 3 is 2.67 bits per heavy atom. The Kier molecular flexibility index (Phi) is 8.61. The summed E-state index contributed by atoms with van der Waals surface area (Å²) in [4.78, 5) is 2.22. The molecule has 0 radical (unpaired) electrons. The minimum atomic E-state index is -2.97. The molecule has 1 aliphatic heterocycles. The molecule has 0 aliphatic carbocycles. The van der Waals surface area contributed by atoms with Crippen LogP contribution in [-0.2, 0) is 9.84 Å². The van der Waals surface area contributed by atoms with E-state index in [0.717, 1.165) is 44.0 Å². The molecule has 1 N–H and O–H groups in total. The minimum Gasteiger partial charge on any atom is -0.316 e. The topological polar surface area (TPSA) is 49.4 Å². The van der Waals surface area contributed by atoms with Crippen molar-refractivity contribution in [3.63, 3.8) is 0 Å². The maximum atomic E-state index is 12.3. The second-order valence-corrected chi connectivity index (χ2v) is 9.91. The number of nitrogens with one attached hydrogen (secondary N) is 1. The van der Waals surface area contributed by atoms with Crippen LogP contribution < -0.4 is 5.32 Å². The number of rotatable bonds is 9. The summed E-state index contributed by atoms with van der Waals surface area (Å²) in [5, 5.41) is 3.18. The van der Waals surface area contributed by atoms with Crippen molar-refractivity contribution in [3.8, 4) is 0 Å². The summed E-state index contributed by atoms with van der Waals surface area (Å²) in [7, 11) is -2.97. The Bertz CT molecular complexity index is 385. The molecular weight excluding hydrogens is 304 g/mol. The molecule has 0 aromatic rings. The van der Waals surface area contributed by atoms with Crippen LogP contribution in [0.3, 0.4) is 0 Å². The van der Waals surface area contributed by atoms with Gasteiger partial charge >= 0.3 is 0 Å². The maximum Gasteiger partial charge on any atom is 0.166 e. The van der Waals surface area contributed by atoms with Crippen molar-refractivity contribution in [1.29, 1.82) is 0 Å². The lowest BCUT2D eigenvalue weighted by atomic mass is 10.1. The lowest BCUT2D eigenvalue weighted by Crippen LogP contribution is -2.51. The highest BCUT2D eigenvalue weighted by Gasteiger charge is 2.34. The van der Waals surface area contributed by atoms with Crippen molar-refractivity contribution in [2.24, 2.45) is 5.92 Å². The predicted molar refractivity (Wildman–Crippen MR) is 93.7 cm³/mol. The van der Waals surface area contributed by atoms with Gasteiger partial charge in [0.25, 0.3) is 0 Å². The normalized spacial score (nSPS) is 22.6. The first-order valence-corrected chi connectivity index (χ1v) is 11.0. The van der Waals surface area contributed by atoms with E-state index in [1.54, 1.807) is 18.7 Å². The van der Waals surface area contributed by atoms with Gasteiger partial charge in [-0.2, -0.15) is 11.8 Å². The fourth-order valence-electron chi connectivity index (χ4n) is 2.68. The van der Waals surface area contributed by atoms with Crippen LogP contribution in [0.1, 0.15) is 40.5 Å². The van der Waals surface area contributed by atoms with Crippen molar-refractivity contribution >= 4 is 21.6 Å². The van der Waals surface area contributed by atoms with E-state index in [2.05, 4.69) is 31.0 Å². The highest BCUT2D eigenvalue weighted by atomic mass is 32.2. The number of sulfone groups is 1. The fraction of sp³-hybridized carbons (Fsp3) is 1.00. The molecule has 1 heterocycles. The van der Waals surface area contributed by atoms with Crippen LogP contribution in [0.15, 0.2) is 0 Å². The lowest BCUT2D eigenvalue weighted by Gasteiger charge is -2.39. The van der Waals surface area contributed by atoms with E-state index in [-0.39, 0.29) is 11.1 Å². The van der Waals surface area contributed by atoms with Gasteiger partial charge in [-0.15, -0.1) is 0 Å². The van der Waals surface area contributed by atoms with Gasteiger partial charge in [0.2, 0.25) is 0 Å². The highest BCUT2D eigenvalue weighted by molar-refractivity contribution is 8.01. The maximum absolute atomic E-state index is 12.3. The Balaban J connectivity index is 2.44. The molecule has 4 nitrogen and oxygen atoms in total. The average molecular weight is 337 g/mol. The van der Waals surface area contributed by atoms with Crippen molar-refractivity contribution in [2.45, 2.75) is 52.0 Å². The first kappa shape index (κ1) is 19.3. The van der Waals surface area contributed by atoms with E-state index in [1.165, 1.54) is 0 Å². The molecule has 1 fully saturated rings. The highest BCUT2D eigenvalue weighted by Crippen LogP contribution is 2.24. The SMILES string of the molecule is CCS(=O)(=O)C1CSCCN1C(C)CCCNCC(C)C. The number of thioether (sulfide) groups is 1. The van der Waals surface area contributed by atoms with E-state index in [9.17, 15) is 8.42 Å². The molecule has 0 bridgehead atoms. The summed E-state index contributed by atoms with van der Waals surface area (Å²) >= 11 is 1.77. The molecule has 21 heavy (non-hydrogen) atoms. The Morgan fingerprint density at radius 2 is 2.05 bits per heavy atom. The lowest BCUT2D eigenvalue weighted by molar-refractivity contribution is 0.193. The molecule has 2 atom stereocenters. The van der Waals surface area contributed by atoms with Crippen LogP contribution in [0.25, 0.3) is 0 Å². The van der Waals surface area contributed by atoms with Crippen LogP contribution in [0.2, 0.25) is 0 Å². The molecular formula is C15H32N2O2S2. The average Bonchev–Trinajstić information content (AvgIpc) is 2.46. The van der Waals surface area contributed by atoms with E-state index in [1.807, 2.05) is 0 Å². The van der Waals surface area contributed by atoms with Gasteiger partial charge in [0.05, 0.1) is 0 Å². The van der Waals surface area contributed by atoms with E-state index in [0.29, 0.717) is 12.0 Å². The van der Waals surface area contributed by atoms with Crippen LogP contribution in [0.5, 0.6) is 0 Å². The fourth-order valence-corrected chi connectivity index (χ4v) is 5.81. The molecule has 2 unspecified atom stereocenters. The summed E-state index contributed by atoms with van der Waals surface area (Å²) in [6, 6.07) is 0.345. The molecule has 0 aromatic heterocycles. The number of nitrogens with zero attached hydrogens (tertiary/aromatic N) is 1. The van der Waals surface area contributed by atoms with Crippen LogP contribution in [-0.4, -0.2) is 61.6 Å². The van der Waals surface area contributed by atoms with Gasteiger partial charge < -0.3 is 5.32 Å². The van der Waals surface area contributed by atoms with Gasteiger partial charge in [0, 0.05) is 29.8 Å². The first-order valence-electron chi connectivity index (χ1n) is 8.14. The molecule has 6 heteroatoms. The quantitative estimate of drug-likeness (QED) is 0.654. The monoisotopic (exact) mass is 336 g/mol. The molecule has 1 saturated heterocycles. The smallest absolute Gasteiger partial charge is 0.166 e. The first-order chi connectivity index (χ1) is 9.88. The summed E-state index contributed by atoms with van der Waals surface area (Å²) in [6.45, 7) is 11.3. The van der Waals surface area contributed by atoms with Crippen molar-refractivity contribution in [2.75, 3.05) is 36.9 Å². The van der Waals surface area contributed by atoms with Gasteiger partial charge in [-0.05, 0) is 38.8 Å². The van der Waals surface area contributed by atoms with Gasteiger partial charge in [-0.3, -0.25) is 4.90 Å². The minimum absolute atomic E-state index is 0.247. The zero-order valence-corrected chi connectivity index (χ0v) is 15.6. The summed E-state index contributed by atoms with van der Waals surface area (Å²) in [5.41, 5.74) is 0. The third kappa shape index (κ3) is 6.47. The van der Waals surface area contributed by atoms with Gasteiger partial charge in [0.15, 0.2) is 9.84 Å². The van der Waals surface area contributed by atoms with E-state index >= 15 is 0 Å². The van der Waals surface area contributed by atoms with Crippen molar-refractivity contribution in [1.82, 2.24) is 10.2 Å². The molecule has 0 amide bonds. The molecule has 0 aromatic carbocycles. The largest absolute Gasteiger partial charge is 0.316 e. The van der Waals surface area contributed by atoms with Crippen LogP contribution in [0, 0.1) is 5.92 Å². The van der Waals surface area contributed by atoms with Crippen LogP contribution in [0.4, 0.5) is 0 Å². The summed E-state index contributed by atoms with van der Waals surface area (Å²) in [6.07, 6.45) is 2.17. The van der Waals surface area contributed by atoms with Crippen molar-refractivity contribution < 1.29 is 8.42 Å². The molecule has 0 spiro atoms.